The molecule has 0 spiro atoms. The molecule has 0 atom stereocenters. The van der Waals surface area contributed by atoms with Gasteiger partial charge in [0.1, 0.15) is 5.75 Å². The molecule has 2 rings (SSSR count). The van der Waals surface area contributed by atoms with Crippen LogP contribution in [0.15, 0.2) is 24.3 Å². The van der Waals surface area contributed by atoms with E-state index in [2.05, 4.69) is 15.5 Å². The van der Waals surface area contributed by atoms with Crippen molar-refractivity contribution in [3.63, 3.8) is 0 Å². The highest BCUT2D eigenvalue weighted by molar-refractivity contribution is 6.04. The van der Waals surface area contributed by atoms with Crippen LogP contribution in [-0.2, 0) is 0 Å². The number of nitrogens with zero attached hydrogens (tertiary/aromatic N) is 1. The molecule has 0 radical (unpaired) electrons. The zero-order valence-electron chi connectivity index (χ0n) is 12.1. The smallest absolute Gasteiger partial charge is 0.276 e. The molecule has 0 aliphatic rings. The Morgan fingerprint density at radius 1 is 1.38 bits per heavy atom. The summed E-state index contributed by atoms with van der Waals surface area (Å²) in [6.07, 6.45) is 0. The minimum absolute atomic E-state index is 0. The molecule has 4 N–H and O–H groups in total. The van der Waals surface area contributed by atoms with E-state index in [9.17, 15) is 4.79 Å². The molecule has 1 amide bonds. The Kier molecular flexibility index (Phi) is 5.60. The average molecular weight is 311 g/mol. The van der Waals surface area contributed by atoms with Gasteiger partial charge in [0.05, 0.1) is 18.5 Å². The van der Waals surface area contributed by atoms with Crippen LogP contribution in [0.3, 0.4) is 0 Å². The summed E-state index contributed by atoms with van der Waals surface area (Å²) in [5, 5.41) is 9.57. The average Bonchev–Trinajstić information content (AvgIpc) is 2.91. The fourth-order valence-corrected chi connectivity index (χ4v) is 1.71. The van der Waals surface area contributed by atoms with Crippen LogP contribution in [0.2, 0.25) is 0 Å². The molecule has 0 saturated carbocycles. The lowest BCUT2D eigenvalue weighted by atomic mass is 10.1. The van der Waals surface area contributed by atoms with Gasteiger partial charge in [-0.05, 0) is 24.1 Å². The van der Waals surface area contributed by atoms with Crippen LogP contribution < -0.4 is 15.8 Å². The zero-order chi connectivity index (χ0) is 14.7. The number of halogens is 1. The number of carbonyl (C=O) groups is 1. The number of nitrogens with two attached hydrogens (primary N) is 1. The van der Waals surface area contributed by atoms with Crippen LogP contribution in [0.5, 0.6) is 5.75 Å². The normalized spacial score (nSPS) is 10.1. The Hall–Kier alpha value is -2.21. The molecule has 6 nitrogen and oxygen atoms in total. The SMILES string of the molecule is COc1ccc(N)c(NC(=O)c2cc(C(C)C)[nH]n2)c1.Cl. The molecule has 1 aromatic heterocycles. The van der Waals surface area contributed by atoms with Crippen molar-refractivity contribution in [1.29, 1.82) is 0 Å². The first-order valence-corrected chi connectivity index (χ1v) is 6.31. The third kappa shape index (κ3) is 3.88. The van der Waals surface area contributed by atoms with Crippen molar-refractivity contribution in [2.45, 2.75) is 19.8 Å². The van der Waals surface area contributed by atoms with Gasteiger partial charge in [-0.25, -0.2) is 0 Å². The fraction of sp³-hybridized carbons (Fsp3) is 0.286. The summed E-state index contributed by atoms with van der Waals surface area (Å²) in [5.74, 6) is 0.596. The summed E-state index contributed by atoms with van der Waals surface area (Å²) in [7, 11) is 1.56. The van der Waals surface area contributed by atoms with E-state index < -0.39 is 0 Å². The Balaban J connectivity index is 0.00000220. The summed E-state index contributed by atoms with van der Waals surface area (Å²) in [5.41, 5.74) is 8.04. The van der Waals surface area contributed by atoms with Crippen LogP contribution in [0.25, 0.3) is 0 Å². The van der Waals surface area contributed by atoms with Crippen LogP contribution >= 0.6 is 12.4 Å². The quantitative estimate of drug-likeness (QED) is 0.757. The number of anilines is 2. The summed E-state index contributed by atoms with van der Waals surface area (Å²) in [6.45, 7) is 4.05. The predicted octanol–water partition coefficient (Wildman–Crippen LogP) is 2.80. The highest BCUT2D eigenvalue weighted by Crippen LogP contribution is 2.25. The van der Waals surface area contributed by atoms with Gasteiger partial charge in [0.2, 0.25) is 0 Å². The van der Waals surface area contributed by atoms with Gasteiger partial charge >= 0.3 is 0 Å². The molecular weight excluding hydrogens is 292 g/mol. The molecule has 0 fully saturated rings. The number of amides is 1. The molecule has 7 heteroatoms. The lowest BCUT2D eigenvalue weighted by molar-refractivity contribution is 0.102. The highest BCUT2D eigenvalue weighted by Gasteiger charge is 2.13. The maximum absolute atomic E-state index is 12.1. The Labute approximate surface area is 129 Å². The number of H-pyrrole nitrogens is 1. The highest BCUT2D eigenvalue weighted by atomic mass is 35.5. The minimum Gasteiger partial charge on any atom is -0.497 e. The first-order chi connectivity index (χ1) is 9.51. The molecule has 0 aliphatic carbocycles. The van der Waals surface area contributed by atoms with E-state index >= 15 is 0 Å². The molecule has 1 aromatic carbocycles. The van der Waals surface area contributed by atoms with Crippen molar-refractivity contribution in [1.82, 2.24) is 10.2 Å². The molecule has 0 aliphatic heterocycles. The fourth-order valence-electron chi connectivity index (χ4n) is 1.71. The van der Waals surface area contributed by atoms with E-state index in [1.165, 1.54) is 0 Å². The number of benzene rings is 1. The third-order valence-corrected chi connectivity index (χ3v) is 2.96. The number of rotatable bonds is 4. The lowest BCUT2D eigenvalue weighted by Crippen LogP contribution is -2.13. The summed E-state index contributed by atoms with van der Waals surface area (Å²) in [4.78, 5) is 12.1. The van der Waals surface area contributed by atoms with Crippen molar-refractivity contribution in [3.8, 4) is 5.75 Å². The van der Waals surface area contributed by atoms with E-state index in [0.717, 1.165) is 5.69 Å². The van der Waals surface area contributed by atoms with Gasteiger partial charge in [0, 0.05) is 11.8 Å². The van der Waals surface area contributed by atoms with Gasteiger partial charge < -0.3 is 15.8 Å². The summed E-state index contributed by atoms with van der Waals surface area (Å²) in [6, 6.07) is 6.81. The molecule has 2 aromatic rings. The first kappa shape index (κ1) is 16.8. The van der Waals surface area contributed by atoms with E-state index in [-0.39, 0.29) is 24.2 Å². The Morgan fingerprint density at radius 2 is 2.10 bits per heavy atom. The van der Waals surface area contributed by atoms with Crippen molar-refractivity contribution < 1.29 is 9.53 Å². The lowest BCUT2D eigenvalue weighted by Gasteiger charge is -2.08. The number of nitrogen functional groups attached to an aromatic ring is 1. The molecule has 0 unspecified atom stereocenters. The topological polar surface area (TPSA) is 93.0 Å². The van der Waals surface area contributed by atoms with Gasteiger partial charge in [0.25, 0.3) is 5.91 Å². The van der Waals surface area contributed by atoms with Crippen molar-refractivity contribution in [2.24, 2.45) is 0 Å². The second kappa shape index (κ2) is 6.99. The van der Waals surface area contributed by atoms with E-state index in [1.807, 2.05) is 13.8 Å². The molecular formula is C14H19ClN4O2. The molecule has 1 heterocycles. The Morgan fingerprint density at radius 3 is 2.67 bits per heavy atom. The van der Waals surface area contributed by atoms with Gasteiger partial charge in [-0.15, -0.1) is 12.4 Å². The number of hydrogen-bond donors (Lipinski definition) is 3. The van der Waals surface area contributed by atoms with E-state index in [1.54, 1.807) is 31.4 Å². The maximum Gasteiger partial charge on any atom is 0.276 e. The van der Waals surface area contributed by atoms with E-state index in [4.69, 9.17) is 10.5 Å². The zero-order valence-corrected chi connectivity index (χ0v) is 13.0. The number of hydrogen-bond acceptors (Lipinski definition) is 4. The van der Waals surface area contributed by atoms with Crippen LogP contribution in [0.1, 0.15) is 35.9 Å². The predicted molar refractivity (Wildman–Crippen MR) is 85.3 cm³/mol. The maximum atomic E-state index is 12.1. The van der Waals surface area contributed by atoms with Crippen molar-refractivity contribution >= 4 is 29.7 Å². The minimum atomic E-state index is -0.312. The number of ether oxygens (including phenoxy) is 1. The number of aromatic amines is 1. The van der Waals surface area contributed by atoms with Crippen molar-refractivity contribution in [2.75, 3.05) is 18.2 Å². The monoisotopic (exact) mass is 310 g/mol. The van der Waals surface area contributed by atoms with Crippen LogP contribution in [-0.4, -0.2) is 23.2 Å². The van der Waals surface area contributed by atoms with Crippen molar-refractivity contribution in [3.05, 3.63) is 35.7 Å². The van der Waals surface area contributed by atoms with Gasteiger partial charge in [0.15, 0.2) is 5.69 Å². The summed E-state index contributed by atoms with van der Waals surface area (Å²) >= 11 is 0. The Bertz CT molecular complexity index is 625. The molecule has 21 heavy (non-hydrogen) atoms. The standard InChI is InChI=1S/C14H18N4O2.ClH/c1-8(2)11-7-13(18-17-11)14(19)16-12-6-9(20-3)4-5-10(12)15;/h4-8H,15H2,1-3H3,(H,16,19)(H,17,18);1H. The van der Waals surface area contributed by atoms with Gasteiger partial charge in [-0.3, -0.25) is 9.89 Å². The van der Waals surface area contributed by atoms with Crippen LogP contribution in [0.4, 0.5) is 11.4 Å². The molecule has 0 bridgehead atoms. The third-order valence-electron chi connectivity index (χ3n) is 2.96. The summed E-state index contributed by atoms with van der Waals surface area (Å²) < 4.78 is 5.10. The van der Waals surface area contributed by atoms with E-state index in [0.29, 0.717) is 22.8 Å². The number of nitrogens with one attached hydrogen (secondary N) is 2. The molecule has 114 valence electrons. The second-order valence-corrected chi connectivity index (χ2v) is 4.77. The van der Waals surface area contributed by atoms with Gasteiger partial charge in [-0.2, -0.15) is 5.10 Å². The largest absolute Gasteiger partial charge is 0.497 e. The molecule has 0 saturated heterocycles. The first-order valence-electron chi connectivity index (χ1n) is 6.31. The van der Waals surface area contributed by atoms with Crippen LogP contribution in [0, 0.1) is 0 Å². The number of carbonyl (C=O) groups excluding carboxylic acids is 1. The number of methoxy groups -OCH3 is 1. The van der Waals surface area contributed by atoms with Gasteiger partial charge in [-0.1, -0.05) is 13.8 Å². The second-order valence-electron chi connectivity index (χ2n) is 4.77. The number of aromatic nitrogens is 2.